The minimum Gasteiger partial charge on any atom is -0.393 e. The molecule has 0 saturated heterocycles. The van der Waals surface area contributed by atoms with Gasteiger partial charge in [0, 0.05) is 29.6 Å². The number of aromatic nitrogens is 2. The Morgan fingerprint density at radius 2 is 2.18 bits per heavy atom. The molecule has 1 aromatic carbocycles. The van der Waals surface area contributed by atoms with Crippen LogP contribution in [-0.2, 0) is 13.0 Å². The van der Waals surface area contributed by atoms with Gasteiger partial charge in [0.15, 0.2) is 0 Å². The molecular weight excluding hydrogens is 292 g/mol. The van der Waals surface area contributed by atoms with Gasteiger partial charge in [-0.1, -0.05) is 29.8 Å². The first-order valence-electron chi connectivity index (χ1n) is 7.43. The maximum Gasteiger partial charge on any atom is 0.0959 e. The van der Waals surface area contributed by atoms with E-state index < -0.39 is 0 Å². The molecule has 22 heavy (non-hydrogen) atoms. The zero-order valence-electron chi connectivity index (χ0n) is 12.9. The molecule has 0 radical (unpaired) electrons. The number of rotatable bonds is 5. The minimum absolute atomic E-state index is 0.384. The Labute approximate surface area is 134 Å². The Hall–Kier alpha value is -1.91. The summed E-state index contributed by atoms with van der Waals surface area (Å²) in [5.74, 6) is 0. The van der Waals surface area contributed by atoms with E-state index in [0.717, 1.165) is 23.5 Å². The Morgan fingerprint density at radius 3 is 2.86 bits per heavy atom. The summed E-state index contributed by atoms with van der Waals surface area (Å²) in [7, 11) is 0. The third-order valence-electron chi connectivity index (χ3n) is 3.67. The third-order valence-corrected chi connectivity index (χ3v) is 4.35. The zero-order chi connectivity index (χ0) is 15.5. The Kier molecular flexibility index (Phi) is 4.41. The van der Waals surface area contributed by atoms with Crippen molar-refractivity contribution in [2.24, 2.45) is 0 Å². The number of benzene rings is 1. The van der Waals surface area contributed by atoms with Crippen LogP contribution < -0.4 is 0 Å². The third kappa shape index (κ3) is 3.29. The van der Waals surface area contributed by atoms with Gasteiger partial charge in [0.2, 0.25) is 0 Å². The second kappa shape index (κ2) is 6.46. The van der Waals surface area contributed by atoms with Crippen LogP contribution >= 0.6 is 11.3 Å². The smallest absolute Gasteiger partial charge is 0.0959 e. The molecular formula is C18H20N2OS. The van der Waals surface area contributed by atoms with Crippen LogP contribution in [0, 0.1) is 6.92 Å². The average Bonchev–Trinajstić information content (AvgIpc) is 3.09. The van der Waals surface area contributed by atoms with Gasteiger partial charge in [-0.15, -0.1) is 0 Å². The van der Waals surface area contributed by atoms with Gasteiger partial charge in [-0.25, -0.2) is 4.98 Å². The highest BCUT2D eigenvalue weighted by Crippen LogP contribution is 2.26. The lowest BCUT2D eigenvalue weighted by molar-refractivity contribution is 0.193. The molecule has 0 spiro atoms. The number of aliphatic hydroxyl groups excluding tert-OH is 1. The van der Waals surface area contributed by atoms with E-state index in [4.69, 9.17) is 0 Å². The van der Waals surface area contributed by atoms with Crippen LogP contribution in [0.4, 0.5) is 0 Å². The fourth-order valence-electron chi connectivity index (χ4n) is 2.69. The van der Waals surface area contributed by atoms with Gasteiger partial charge < -0.3 is 9.67 Å². The van der Waals surface area contributed by atoms with E-state index >= 15 is 0 Å². The van der Waals surface area contributed by atoms with Crippen molar-refractivity contribution in [1.82, 2.24) is 9.55 Å². The highest BCUT2D eigenvalue weighted by Gasteiger charge is 2.15. The van der Waals surface area contributed by atoms with Gasteiger partial charge >= 0.3 is 0 Å². The fraction of sp³-hybridized carbons (Fsp3) is 0.278. The van der Waals surface area contributed by atoms with Crippen LogP contribution in [0.25, 0.3) is 11.3 Å². The van der Waals surface area contributed by atoms with Crippen molar-refractivity contribution in [3.05, 3.63) is 64.2 Å². The van der Waals surface area contributed by atoms with Crippen LogP contribution in [0.1, 0.15) is 23.7 Å². The zero-order valence-corrected chi connectivity index (χ0v) is 13.7. The molecule has 2 heterocycles. The molecule has 1 N–H and O–H groups in total. The first-order chi connectivity index (χ1) is 10.6. The lowest BCUT2D eigenvalue weighted by Crippen LogP contribution is -2.11. The maximum atomic E-state index is 9.84. The molecule has 2 aromatic heterocycles. The summed E-state index contributed by atoms with van der Waals surface area (Å²) < 4.78 is 2.15. The van der Waals surface area contributed by atoms with E-state index in [9.17, 15) is 5.11 Å². The van der Waals surface area contributed by atoms with Crippen LogP contribution in [0.15, 0.2) is 47.4 Å². The van der Waals surface area contributed by atoms with Gasteiger partial charge in [0.05, 0.1) is 18.1 Å². The van der Waals surface area contributed by atoms with Crippen molar-refractivity contribution in [2.75, 3.05) is 0 Å². The molecule has 0 aliphatic carbocycles. The number of hydrogen-bond donors (Lipinski definition) is 1. The normalized spacial score (nSPS) is 12.5. The summed E-state index contributed by atoms with van der Waals surface area (Å²) in [6.07, 6.45) is 2.11. The fourth-order valence-corrected chi connectivity index (χ4v) is 3.33. The quantitative estimate of drug-likeness (QED) is 0.776. The minimum atomic E-state index is -0.384. The molecule has 3 rings (SSSR count). The van der Waals surface area contributed by atoms with Crippen molar-refractivity contribution in [3.63, 3.8) is 0 Å². The number of hydrogen-bond acceptors (Lipinski definition) is 3. The molecule has 0 bridgehead atoms. The molecule has 1 unspecified atom stereocenters. The lowest BCUT2D eigenvalue weighted by atomic mass is 10.1. The van der Waals surface area contributed by atoms with Crippen molar-refractivity contribution in [1.29, 1.82) is 0 Å². The van der Waals surface area contributed by atoms with Crippen LogP contribution in [0.5, 0.6) is 0 Å². The largest absolute Gasteiger partial charge is 0.393 e. The maximum absolute atomic E-state index is 9.84. The van der Waals surface area contributed by atoms with E-state index in [1.165, 1.54) is 11.1 Å². The molecule has 3 nitrogen and oxygen atoms in total. The monoisotopic (exact) mass is 312 g/mol. The van der Waals surface area contributed by atoms with E-state index in [1.807, 2.05) is 13.3 Å². The van der Waals surface area contributed by atoms with Gasteiger partial charge in [-0.2, -0.15) is 11.3 Å². The van der Waals surface area contributed by atoms with Crippen LogP contribution in [-0.4, -0.2) is 20.8 Å². The van der Waals surface area contributed by atoms with Gasteiger partial charge in [0.1, 0.15) is 0 Å². The van der Waals surface area contributed by atoms with E-state index in [0.29, 0.717) is 6.42 Å². The average molecular weight is 312 g/mol. The molecule has 4 heteroatoms. The predicted molar refractivity (Wildman–Crippen MR) is 91.2 cm³/mol. The molecule has 0 aliphatic rings. The number of imidazole rings is 1. The van der Waals surface area contributed by atoms with Gasteiger partial charge in [0.25, 0.3) is 0 Å². The number of aryl methyl sites for hydroxylation is 1. The van der Waals surface area contributed by atoms with Crippen LogP contribution in [0.3, 0.4) is 0 Å². The summed E-state index contributed by atoms with van der Waals surface area (Å²) in [6, 6.07) is 10.6. The summed E-state index contributed by atoms with van der Waals surface area (Å²) in [4.78, 5) is 4.59. The van der Waals surface area contributed by atoms with E-state index in [2.05, 4.69) is 57.6 Å². The summed E-state index contributed by atoms with van der Waals surface area (Å²) >= 11 is 1.67. The molecule has 1 atom stereocenters. The Morgan fingerprint density at radius 1 is 1.32 bits per heavy atom. The van der Waals surface area contributed by atoms with E-state index in [1.54, 1.807) is 11.3 Å². The van der Waals surface area contributed by atoms with Gasteiger partial charge in [-0.05, 0) is 30.9 Å². The summed E-state index contributed by atoms with van der Waals surface area (Å²) in [6.45, 7) is 4.70. The Bertz CT molecular complexity index is 744. The predicted octanol–water partition coefficient (Wildman–Crippen LogP) is 3.89. The molecule has 0 aliphatic heterocycles. The van der Waals surface area contributed by atoms with Crippen molar-refractivity contribution in [2.45, 2.75) is 32.9 Å². The molecule has 0 saturated carbocycles. The molecule has 0 amide bonds. The second-order valence-electron chi connectivity index (χ2n) is 5.72. The van der Waals surface area contributed by atoms with Crippen LogP contribution in [0.2, 0.25) is 0 Å². The molecule has 0 fully saturated rings. The SMILES string of the molecule is Cc1cccc(Cn2cnc(-c3ccsc3)c2CC(C)O)c1. The lowest BCUT2D eigenvalue weighted by Gasteiger charge is -2.12. The standard InChI is InChI=1S/C18H20N2OS/c1-13-4-3-5-15(8-13)10-20-12-19-18(16-6-7-22-11-16)17(20)9-14(2)21/h3-8,11-12,14,21H,9-10H2,1-2H3. The second-order valence-corrected chi connectivity index (χ2v) is 6.50. The van der Waals surface area contributed by atoms with Gasteiger partial charge in [-0.3, -0.25) is 0 Å². The Balaban J connectivity index is 1.97. The highest BCUT2D eigenvalue weighted by atomic mass is 32.1. The number of nitrogens with zero attached hydrogens (tertiary/aromatic N) is 2. The number of aliphatic hydroxyl groups is 1. The summed E-state index contributed by atoms with van der Waals surface area (Å²) in [5, 5.41) is 14.0. The highest BCUT2D eigenvalue weighted by molar-refractivity contribution is 7.08. The topological polar surface area (TPSA) is 38.0 Å². The number of thiophene rings is 1. The summed E-state index contributed by atoms with van der Waals surface area (Å²) in [5.41, 5.74) is 5.71. The van der Waals surface area contributed by atoms with Crippen molar-refractivity contribution < 1.29 is 5.11 Å². The van der Waals surface area contributed by atoms with E-state index in [-0.39, 0.29) is 6.10 Å². The molecule has 114 valence electrons. The first kappa shape index (κ1) is 15.0. The van der Waals surface area contributed by atoms with Crippen molar-refractivity contribution >= 4 is 11.3 Å². The first-order valence-corrected chi connectivity index (χ1v) is 8.38. The van der Waals surface area contributed by atoms with Crippen molar-refractivity contribution in [3.8, 4) is 11.3 Å². The molecule has 3 aromatic rings.